The van der Waals surface area contributed by atoms with Crippen LogP contribution in [0.3, 0.4) is 0 Å². The summed E-state index contributed by atoms with van der Waals surface area (Å²) in [6.45, 7) is 6.97. The van der Waals surface area contributed by atoms with Crippen LogP contribution in [0.15, 0.2) is 24.4 Å². The SMILES string of the molecule is Cc1ccnc2cc3c(cc12)OC(C)(C)C(O)C3NCCC1CCCCC1. The van der Waals surface area contributed by atoms with Crippen molar-refractivity contribution in [3.8, 4) is 5.75 Å². The van der Waals surface area contributed by atoms with Crippen LogP contribution < -0.4 is 10.1 Å². The van der Waals surface area contributed by atoms with E-state index in [0.717, 1.165) is 34.7 Å². The highest BCUT2D eigenvalue weighted by molar-refractivity contribution is 5.84. The lowest BCUT2D eigenvalue weighted by molar-refractivity contribution is -0.0645. The van der Waals surface area contributed by atoms with E-state index >= 15 is 0 Å². The molecule has 2 aliphatic rings. The molecular weight excluding hydrogens is 336 g/mol. The van der Waals surface area contributed by atoms with Crippen LogP contribution in [0.25, 0.3) is 10.9 Å². The molecule has 0 radical (unpaired) electrons. The van der Waals surface area contributed by atoms with Gasteiger partial charge in [-0.1, -0.05) is 32.1 Å². The lowest BCUT2D eigenvalue weighted by Gasteiger charge is -2.42. The third-order valence-corrected chi connectivity index (χ3v) is 6.47. The Kier molecular flexibility index (Phi) is 5.13. The van der Waals surface area contributed by atoms with Gasteiger partial charge in [-0.3, -0.25) is 4.98 Å². The number of benzene rings is 1. The number of aromatic nitrogens is 1. The molecule has 0 saturated heterocycles. The van der Waals surface area contributed by atoms with Crippen molar-refractivity contribution in [2.45, 2.75) is 77.0 Å². The molecule has 1 aromatic carbocycles. The van der Waals surface area contributed by atoms with E-state index in [-0.39, 0.29) is 6.04 Å². The molecule has 4 heteroatoms. The van der Waals surface area contributed by atoms with Crippen molar-refractivity contribution in [3.05, 3.63) is 35.5 Å². The summed E-state index contributed by atoms with van der Waals surface area (Å²) < 4.78 is 6.20. The minimum atomic E-state index is -0.626. The lowest BCUT2D eigenvalue weighted by Crippen LogP contribution is -2.52. The molecule has 2 aromatic rings. The lowest BCUT2D eigenvalue weighted by atomic mass is 9.84. The highest BCUT2D eigenvalue weighted by atomic mass is 16.5. The van der Waals surface area contributed by atoms with Crippen molar-refractivity contribution in [1.82, 2.24) is 10.3 Å². The molecule has 0 spiro atoms. The van der Waals surface area contributed by atoms with Gasteiger partial charge in [0.2, 0.25) is 0 Å². The van der Waals surface area contributed by atoms with E-state index in [1.807, 2.05) is 26.1 Å². The standard InChI is InChI=1S/C23H32N2O2/c1-15-9-11-24-19-13-18-20(14-17(15)19)27-23(2,3)22(26)21(18)25-12-10-16-7-5-4-6-8-16/h9,11,13-14,16,21-22,25-26H,4-8,10,12H2,1-3H3. The summed E-state index contributed by atoms with van der Waals surface area (Å²) in [4.78, 5) is 4.53. The average Bonchev–Trinajstić information content (AvgIpc) is 2.65. The largest absolute Gasteiger partial charge is 0.485 e. The zero-order valence-corrected chi connectivity index (χ0v) is 16.8. The molecule has 1 aromatic heterocycles. The van der Waals surface area contributed by atoms with Crippen LogP contribution in [-0.4, -0.2) is 28.3 Å². The average molecular weight is 369 g/mol. The Bertz CT molecular complexity index is 811. The molecule has 1 aliphatic heterocycles. The topological polar surface area (TPSA) is 54.4 Å². The first-order valence-electron chi connectivity index (χ1n) is 10.5. The highest BCUT2D eigenvalue weighted by Crippen LogP contribution is 2.42. The molecule has 27 heavy (non-hydrogen) atoms. The molecule has 0 amide bonds. The van der Waals surface area contributed by atoms with Crippen molar-refractivity contribution >= 4 is 10.9 Å². The maximum absolute atomic E-state index is 11.0. The third-order valence-electron chi connectivity index (χ3n) is 6.47. The Morgan fingerprint density at radius 3 is 2.78 bits per heavy atom. The van der Waals surface area contributed by atoms with Crippen molar-refractivity contribution in [2.75, 3.05) is 6.54 Å². The number of hydrogen-bond acceptors (Lipinski definition) is 4. The minimum Gasteiger partial charge on any atom is -0.485 e. The Morgan fingerprint density at radius 2 is 2.00 bits per heavy atom. The van der Waals surface area contributed by atoms with Crippen LogP contribution in [0.2, 0.25) is 0 Å². The summed E-state index contributed by atoms with van der Waals surface area (Å²) in [5, 5.41) is 15.8. The molecule has 2 unspecified atom stereocenters. The number of pyridine rings is 1. The number of fused-ring (bicyclic) bond motifs is 2. The van der Waals surface area contributed by atoms with Crippen LogP contribution in [-0.2, 0) is 0 Å². The number of aliphatic hydroxyl groups excluding tert-OH is 1. The van der Waals surface area contributed by atoms with E-state index < -0.39 is 11.7 Å². The second-order valence-corrected chi connectivity index (χ2v) is 8.91. The second kappa shape index (κ2) is 7.40. The molecular formula is C23H32N2O2. The number of nitrogens with zero attached hydrogens (tertiary/aromatic N) is 1. The summed E-state index contributed by atoms with van der Waals surface area (Å²) >= 11 is 0. The van der Waals surface area contributed by atoms with Gasteiger partial charge in [0.1, 0.15) is 17.5 Å². The zero-order chi connectivity index (χ0) is 19.0. The molecule has 2 atom stereocenters. The first-order valence-corrected chi connectivity index (χ1v) is 10.5. The third kappa shape index (κ3) is 3.70. The monoisotopic (exact) mass is 368 g/mol. The molecule has 146 valence electrons. The maximum Gasteiger partial charge on any atom is 0.131 e. The number of rotatable bonds is 4. The normalized spacial score (nSPS) is 25.2. The molecule has 1 aliphatic carbocycles. The van der Waals surface area contributed by atoms with Crippen LogP contribution in [0, 0.1) is 12.8 Å². The maximum atomic E-state index is 11.0. The summed E-state index contributed by atoms with van der Waals surface area (Å²) in [5.74, 6) is 1.70. The summed E-state index contributed by atoms with van der Waals surface area (Å²) in [5.41, 5.74) is 2.55. The predicted molar refractivity (Wildman–Crippen MR) is 109 cm³/mol. The van der Waals surface area contributed by atoms with Crippen LogP contribution in [0.4, 0.5) is 0 Å². The van der Waals surface area contributed by atoms with Crippen molar-refractivity contribution in [2.24, 2.45) is 5.92 Å². The first kappa shape index (κ1) is 18.7. The molecule has 4 nitrogen and oxygen atoms in total. The number of aliphatic hydroxyl groups is 1. The number of nitrogens with one attached hydrogen (secondary N) is 1. The molecule has 1 saturated carbocycles. The van der Waals surface area contributed by atoms with Crippen LogP contribution >= 0.6 is 0 Å². The summed E-state index contributed by atoms with van der Waals surface area (Å²) in [6.07, 6.45) is 9.28. The van der Waals surface area contributed by atoms with E-state index in [0.29, 0.717) is 0 Å². The molecule has 1 fully saturated rings. The van der Waals surface area contributed by atoms with Gasteiger partial charge in [0.25, 0.3) is 0 Å². The van der Waals surface area contributed by atoms with E-state index in [4.69, 9.17) is 4.74 Å². The Balaban J connectivity index is 1.60. The van der Waals surface area contributed by atoms with Gasteiger partial charge in [-0.2, -0.15) is 0 Å². The van der Waals surface area contributed by atoms with Crippen LogP contribution in [0.1, 0.15) is 69.5 Å². The predicted octanol–water partition coefficient (Wildman–Crippen LogP) is 4.68. The Morgan fingerprint density at radius 1 is 1.22 bits per heavy atom. The minimum absolute atomic E-state index is 0.126. The molecule has 0 bridgehead atoms. The van der Waals surface area contributed by atoms with Gasteiger partial charge in [0.05, 0.1) is 11.6 Å². The summed E-state index contributed by atoms with van der Waals surface area (Å²) in [6, 6.07) is 6.08. The van der Waals surface area contributed by atoms with E-state index in [9.17, 15) is 5.11 Å². The fraction of sp³-hybridized carbons (Fsp3) is 0.609. The quantitative estimate of drug-likeness (QED) is 0.823. The van der Waals surface area contributed by atoms with Gasteiger partial charge in [0, 0.05) is 17.1 Å². The Labute approximate surface area is 162 Å². The highest BCUT2D eigenvalue weighted by Gasteiger charge is 2.43. The van der Waals surface area contributed by atoms with Gasteiger partial charge in [0.15, 0.2) is 0 Å². The van der Waals surface area contributed by atoms with Gasteiger partial charge in [-0.05, 0) is 63.4 Å². The fourth-order valence-corrected chi connectivity index (χ4v) is 4.71. The van der Waals surface area contributed by atoms with Gasteiger partial charge in [-0.15, -0.1) is 0 Å². The smallest absolute Gasteiger partial charge is 0.131 e. The van der Waals surface area contributed by atoms with E-state index in [2.05, 4.69) is 29.4 Å². The van der Waals surface area contributed by atoms with Crippen molar-refractivity contribution < 1.29 is 9.84 Å². The molecule has 4 rings (SSSR count). The summed E-state index contributed by atoms with van der Waals surface area (Å²) in [7, 11) is 0. The Hall–Kier alpha value is -1.65. The van der Waals surface area contributed by atoms with Gasteiger partial charge >= 0.3 is 0 Å². The van der Waals surface area contributed by atoms with E-state index in [1.54, 1.807) is 0 Å². The zero-order valence-electron chi connectivity index (χ0n) is 16.8. The molecule has 2 heterocycles. The van der Waals surface area contributed by atoms with Crippen LogP contribution in [0.5, 0.6) is 5.75 Å². The van der Waals surface area contributed by atoms with Crippen molar-refractivity contribution in [1.29, 1.82) is 0 Å². The number of ether oxygens (including phenoxy) is 1. The fourth-order valence-electron chi connectivity index (χ4n) is 4.71. The van der Waals surface area contributed by atoms with Gasteiger partial charge in [-0.25, -0.2) is 0 Å². The first-order chi connectivity index (χ1) is 13.0. The molecule has 2 N–H and O–H groups in total. The van der Waals surface area contributed by atoms with Gasteiger partial charge < -0.3 is 15.2 Å². The number of hydrogen-bond donors (Lipinski definition) is 2. The second-order valence-electron chi connectivity index (χ2n) is 8.91. The van der Waals surface area contributed by atoms with E-state index in [1.165, 1.54) is 44.1 Å². The number of aryl methyl sites for hydroxylation is 1. The van der Waals surface area contributed by atoms with Crippen molar-refractivity contribution in [3.63, 3.8) is 0 Å².